The molecule has 0 radical (unpaired) electrons. The summed E-state index contributed by atoms with van der Waals surface area (Å²) in [6.45, 7) is 0.505. The number of esters is 1. The molecule has 0 aliphatic carbocycles. The lowest BCUT2D eigenvalue weighted by Gasteiger charge is -2.26. The monoisotopic (exact) mass is 379 g/mol. The number of nitrogens with zero attached hydrogens (tertiary/aromatic N) is 2. The summed E-state index contributed by atoms with van der Waals surface area (Å²) in [7, 11) is 1.35. The van der Waals surface area contributed by atoms with Crippen LogP contribution in [0.1, 0.15) is 37.5 Å². The van der Waals surface area contributed by atoms with Crippen LogP contribution < -0.4 is 5.32 Å². The molecule has 1 atom stereocenters. The molecular weight excluding hydrogens is 362 g/mol. The molecule has 3 aromatic rings. The highest BCUT2D eigenvalue weighted by molar-refractivity contribution is 7.09. The predicted molar refractivity (Wildman–Crippen MR) is 103 cm³/mol. The highest BCUT2D eigenvalue weighted by Gasteiger charge is 2.38. The molecule has 0 bridgehead atoms. The van der Waals surface area contributed by atoms with Crippen LogP contribution in [0.5, 0.6) is 0 Å². The summed E-state index contributed by atoms with van der Waals surface area (Å²) in [5, 5.41) is 5.36. The molecule has 4 rings (SSSR count). The molecule has 0 saturated carbocycles. The molecule has 0 saturated heterocycles. The summed E-state index contributed by atoms with van der Waals surface area (Å²) < 4.78 is 4.72. The Morgan fingerprint density at radius 2 is 2.04 bits per heavy atom. The van der Waals surface area contributed by atoms with Crippen molar-refractivity contribution in [1.29, 1.82) is 0 Å². The van der Waals surface area contributed by atoms with Crippen molar-refractivity contribution in [1.82, 2.24) is 9.88 Å². The van der Waals surface area contributed by atoms with E-state index >= 15 is 0 Å². The van der Waals surface area contributed by atoms with Crippen LogP contribution in [0.25, 0.3) is 0 Å². The van der Waals surface area contributed by atoms with Gasteiger partial charge in [0.2, 0.25) is 0 Å². The maximum atomic E-state index is 12.9. The van der Waals surface area contributed by atoms with Crippen LogP contribution in [-0.4, -0.2) is 28.9 Å². The average molecular weight is 379 g/mol. The van der Waals surface area contributed by atoms with Crippen molar-refractivity contribution in [2.75, 3.05) is 12.4 Å². The number of ether oxygens (including phenoxy) is 1. The largest absolute Gasteiger partial charge is 0.465 e. The highest BCUT2D eigenvalue weighted by Crippen LogP contribution is 2.34. The van der Waals surface area contributed by atoms with Crippen molar-refractivity contribution in [3.05, 3.63) is 81.8 Å². The zero-order chi connectivity index (χ0) is 18.8. The van der Waals surface area contributed by atoms with Gasteiger partial charge in [-0.1, -0.05) is 6.07 Å². The molecule has 7 heteroatoms. The van der Waals surface area contributed by atoms with Gasteiger partial charge in [0.15, 0.2) is 0 Å². The minimum absolute atomic E-state index is 0.0461. The second-order valence-electron chi connectivity index (χ2n) is 6.06. The molecule has 3 heterocycles. The highest BCUT2D eigenvalue weighted by atomic mass is 32.1. The molecule has 0 fully saturated rings. The minimum atomic E-state index is -0.385. The van der Waals surface area contributed by atoms with Crippen molar-refractivity contribution in [3.8, 4) is 0 Å². The number of fused-ring (bicyclic) bond motifs is 1. The van der Waals surface area contributed by atoms with Gasteiger partial charge in [-0.05, 0) is 47.8 Å². The summed E-state index contributed by atoms with van der Waals surface area (Å²) in [4.78, 5) is 31.8. The first-order valence-corrected chi connectivity index (χ1v) is 9.28. The van der Waals surface area contributed by atoms with E-state index in [-0.39, 0.29) is 18.0 Å². The third-order valence-electron chi connectivity index (χ3n) is 4.42. The second-order valence-corrected chi connectivity index (χ2v) is 7.10. The Labute approximate surface area is 160 Å². The number of benzene rings is 1. The fourth-order valence-corrected chi connectivity index (χ4v) is 3.80. The maximum Gasteiger partial charge on any atom is 0.337 e. The van der Waals surface area contributed by atoms with Gasteiger partial charge >= 0.3 is 5.97 Å². The molecule has 0 spiro atoms. The quantitative estimate of drug-likeness (QED) is 0.685. The fraction of sp³-hybridized carbons (Fsp3) is 0.150. The van der Waals surface area contributed by atoms with Crippen LogP contribution in [0.15, 0.2) is 60.1 Å². The molecule has 1 aliphatic rings. The van der Waals surface area contributed by atoms with E-state index in [0.717, 1.165) is 10.6 Å². The number of rotatable bonds is 5. The van der Waals surface area contributed by atoms with Gasteiger partial charge in [-0.3, -0.25) is 9.78 Å². The van der Waals surface area contributed by atoms with Gasteiger partial charge in [0.25, 0.3) is 5.91 Å². The molecule has 1 amide bonds. The molecular formula is C20H17N3O3S. The Kier molecular flexibility index (Phi) is 4.60. The van der Waals surface area contributed by atoms with Crippen LogP contribution in [0.3, 0.4) is 0 Å². The Morgan fingerprint density at radius 1 is 1.22 bits per heavy atom. The first-order valence-electron chi connectivity index (χ1n) is 8.40. The molecule has 6 nitrogen and oxygen atoms in total. The number of hydrogen-bond donors (Lipinski definition) is 1. The topological polar surface area (TPSA) is 71.5 Å². The second kappa shape index (κ2) is 7.20. The van der Waals surface area contributed by atoms with Gasteiger partial charge in [0.1, 0.15) is 6.17 Å². The summed E-state index contributed by atoms with van der Waals surface area (Å²) in [5.74, 6) is -0.431. The molecule has 136 valence electrons. The lowest BCUT2D eigenvalue weighted by molar-refractivity contribution is 0.0600. The van der Waals surface area contributed by atoms with E-state index in [4.69, 9.17) is 4.74 Å². The van der Waals surface area contributed by atoms with Gasteiger partial charge in [0, 0.05) is 16.8 Å². The number of methoxy groups -OCH3 is 1. The number of carbonyl (C=O) groups is 2. The summed E-state index contributed by atoms with van der Waals surface area (Å²) in [6, 6.07) is 14.5. The van der Waals surface area contributed by atoms with Gasteiger partial charge < -0.3 is 15.0 Å². The molecule has 0 unspecified atom stereocenters. The molecule has 1 aromatic carbocycles. The zero-order valence-corrected chi connectivity index (χ0v) is 15.4. The van der Waals surface area contributed by atoms with E-state index in [2.05, 4.69) is 10.3 Å². The average Bonchev–Trinajstić information content (AvgIpc) is 3.31. The lowest BCUT2D eigenvalue weighted by atomic mass is 10.2. The summed E-state index contributed by atoms with van der Waals surface area (Å²) in [5.41, 5.74) is 2.57. The Bertz CT molecular complexity index is 970. The predicted octanol–water partition coefficient (Wildman–Crippen LogP) is 3.70. The Balaban J connectivity index is 1.63. The number of thiophene rings is 1. The number of hydrogen-bond acceptors (Lipinski definition) is 6. The maximum absolute atomic E-state index is 12.9. The molecule has 2 aromatic heterocycles. The van der Waals surface area contributed by atoms with E-state index < -0.39 is 0 Å². The van der Waals surface area contributed by atoms with Crippen LogP contribution >= 0.6 is 11.3 Å². The lowest BCUT2D eigenvalue weighted by Crippen LogP contribution is -2.31. The normalized spacial score (nSPS) is 15.5. The number of pyridine rings is 1. The van der Waals surface area contributed by atoms with Crippen molar-refractivity contribution in [3.63, 3.8) is 0 Å². The van der Waals surface area contributed by atoms with Gasteiger partial charge in [0.05, 0.1) is 30.5 Å². The third kappa shape index (κ3) is 3.29. The number of carbonyl (C=O) groups excluding carboxylic acids is 2. The van der Waals surface area contributed by atoms with Gasteiger partial charge in [-0.2, -0.15) is 0 Å². The smallest absolute Gasteiger partial charge is 0.337 e. The van der Waals surface area contributed by atoms with Gasteiger partial charge in [-0.25, -0.2) is 4.79 Å². The van der Waals surface area contributed by atoms with E-state index in [9.17, 15) is 9.59 Å². The van der Waals surface area contributed by atoms with Crippen LogP contribution in [-0.2, 0) is 11.3 Å². The number of nitrogens with one attached hydrogen (secondary N) is 1. The Hall–Kier alpha value is -3.19. The minimum Gasteiger partial charge on any atom is -0.465 e. The number of amides is 1. The van der Waals surface area contributed by atoms with Crippen molar-refractivity contribution < 1.29 is 14.3 Å². The first kappa shape index (κ1) is 17.2. The molecule has 27 heavy (non-hydrogen) atoms. The van der Waals surface area contributed by atoms with Crippen molar-refractivity contribution in [2.45, 2.75) is 12.7 Å². The Morgan fingerprint density at radius 3 is 2.74 bits per heavy atom. The summed E-state index contributed by atoms with van der Waals surface area (Å²) >= 11 is 1.61. The number of anilines is 1. The third-order valence-corrected chi connectivity index (χ3v) is 5.28. The van der Waals surface area contributed by atoms with E-state index in [0.29, 0.717) is 23.4 Å². The van der Waals surface area contributed by atoms with Crippen molar-refractivity contribution >= 4 is 28.9 Å². The first-order chi connectivity index (χ1) is 13.2. The number of aromatic nitrogens is 1. The van der Waals surface area contributed by atoms with Gasteiger partial charge in [-0.15, -0.1) is 11.3 Å². The van der Waals surface area contributed by atoms with E-state index in [1.165, 1.54) is 7.11 Å². The molecule has 1 N–H and O–H groups in total. The fourth-order valence-electron chi connectivity index (χ4n) is 3.09. The van der Waals surface area contributed by atoms with Crippen LogP contribution in [0.4, 0.5) is 5.69 Å². The van der Waals surface area contributed by atoms with E-state index in [1.807, 2.05) is 17.5 Å². The van der Waals surface area contributed by atoms with E-state index in [1.54, 1.807) is 58.8 Å². The summed E-state index contributed by atoms with van der Waals surface area (Å²) in [6.07, 6.45) is 1.32. The SMILES string of the molecule is COC(=O)c1ccc(N[C@H]2c3ncccc3C(=O)N2Cc2cccs2)cc1. The zero-order valence-electron chi connectivity index (χ0n) is 14.6. The standard InChI is InChI=1S/C20H17N3O3S/c1-26-20(25)13-6-8-14(9-7-13)22-18-17-16(5-2-10-21-17)19(24)23(18)12-15-4-3-11-27-15/h2-11,18,22H,12H2,1H3/t18-/m1/s1. The molecule has 1 aliphatic heterocycles. The van der Waals surface area contributed by atoms with Crippen LogP contribution in [0.2, 0.25) is 0 Å². The van der Waals surface area contributed by atoms with Crippen molar-refractivity contribution in [2.24, 2.45) is 0 Å². The van der Waals surface area contributed by atoms with Crippen LogP contribution in [0, 0.1) is 0 Å².